The fourth-order valence-electron chi connectivity index (χ4n) is 2.00. The van der Waals surface area contributed by atoms with Crippen LogP contribution in [-0.4, -0.2) is 47.3 Å². The highest BCUT2D eigenvalue weighted by molar-refractivity contribution is 5.72. The third-order valence-corrected chi connectivity index (χ3v) is 2.47. The molecule has 15 heavy (non-hydrogen) atoms. The van der Waals surface area contributed by atoms with Crippen molar-refractivity contribution in [2.75, 3.05) is 19.6 Å². The first kappa shape index (κ1) is 12.5. The van der Waals surface area contributed by atoms with Crippen LogP contribution in [0, 0.1) is 0 Å². The third-order valence-electron chi connectivity index (χ3n) is 2.47. The summed E-state index contributed by atoms with van der Waals surface area (Å²) < 4.78 is 5.02. The van der Waals surface area contributed by atoms with Crippen molar-refractivity contribution in [3.8, 4) is 0 Å². The van der Waals surface area contributed by atoms with E-state index < -0.39 is 5.60 Å². The minimum atomic E-state index is -0.563. The van der Waals surface area contributed by atoms with Gasteiger partial charge in [0.25, 0.3) is 0 Å². The lowest BCUT2D eigenvalue weighted by atomic mass is 9.89. The van der Waals surface area contributed by atoms with Crippen molar-refractivity contribution in [3.63, 3.8) is 0 Å². The third kappa shape index (κ3) is 3.80. The summed E-state index contributed by atoms with van der Waals surface area (Å²) in [4.78, 5) is 13.2. The zero-order valence-corrected chi connectivity index (χ0v) is 9.82. The van der Waals surface area contributed by atoms with Crippen molar-refractivity contribution in [1.82, 2.24) is 4.90 Å². The van der Waals surface area contributed by atoms with E-state index in [1.165, 1.54) is 0 Å². The molecular formula is C11H21NO3. The highest BCUT2D eigenvalue weighted by atomic mass is 16.5. The summed E-state index contributed by atoms with van der Waals surface area (Å²) in [5.74, 6) is -0.205. The molecule has 0 amide bonds. The van der Waals surface area contributed by atoms with Crippen molar-refractivity contribution in [1.29, 1.82) is 0 Å². The van der Waals surface area contributed by atoms with E-state index in [-0.39, 0.29) is 12.1 Å². The second kappa shape index (κ2) is 4.94. The zero-order valence-electron chi connectivity index (χ0n) is 9.82. The Morgan fingerprint density at radius 2 is 2.13 bits per heavy atom. The Morgan fingerprint density at radius 1 is 1.53 bits per heavy atom. The molecular weight excluding hydrogens is 194 g/mol. The molecule has 0 bridgehead atoms. The molecule has 4 nitrogen and oxygen atoms in total. The van der Waals surface area contributed by atoms with Gasteiger partial charge in [-0.2, -0.15) is 0 Å². The van der Waals surface area contributed by atoms with E-state index in [4.69, 9.17) is 4.74 Å². The molecule has 1 saturated heterocycles. The summed E-state index contributed by atoms with van der Waals surface area (Å²) in [7, 11) is 0. The van der Waals surface area contributed by atoms with E-state index >= 15 is 0 Å². The van der Waals surface area contributed by atoms with Gasteiger partial charge in [-0.3, -0.25) is 9.69 Å². The van der Waals surface area contributed by atoms with Gasteiger partial charge in [-0.15, -0.1) is 0 Å². The van der Waals surface area contributed by atoms with E-state index in [9.17, 15) is 9.90 Å². The maximum atomic E-state index is 11.3. The quantitative estimate of drug-likeness (QED) is 0.689. The summed E-state index contributed by atoms with van der Waals surface area (Å²) in [5, 5.41) is 9.88. The summed E-state index contributed by atoms with van der Waals surface area (Å²) in [6, 6.07) is 0. The lowest BCUT2D eigenvalue weighted by molar-refractivity contribution is -0.157. The maximum absolute atomic E-state index is 11.3. The molecule has 0 aromatic carbocycles. The number of rotatable bonds is 5. The van der Waals surface area contributed by atoms with Gasteiger partial charge in [0.1, 0.15) is 0 Å². The predicted octanol–water partition coefficient (Wildman–Crippen LogP) is 0.785. The Kier molecular flexibility index (Phi) is 4.11. The number of carbonyl (C=O) groups excluding carboxylic acids is 1. The highest BCUT2D eigenvalue weighted by Crippen LogP contribution is 2.25. The topological polar surface area (TPSA) is 49.8 Å². The molecule has 0 atom stereocenters. The molecule has 1 heterocycles. The molecule has 1 N–H and O–H groups in total. The van der Waals surface area contributed by atoms with Gasteiger partial charge in [-0.1, -0.05) is 13.3 Å². The normalized spacial score (nSPS) is 20.1. The van der Waals surface area contributed by atoms with E-state index in [1.54, 1.807) is 0 Å². The van der Waals surface area contributed by atoms with Gasteiger partial charge in [0, 0.05) is 13.1 Å². The van der Waals surface area contributed by atoms with Crippen molar-refractivity contribution >= 4 is 5.97 Å². The number of carbonyl (C=O) groups is 1. The minimum absolute atomic E-state index is 0.0618. The van der Waals surface area contributed by atoms with Gasteiger partial charge >= 0.3 is 5.97 Å². The van der Waals surface area contributed by atoms with Crippen molar-refractivity contribution in [3.05, 3.63) is 0 Å². The Morgan fingerprint density at radius 3 is 2.60 bits per heavy atom. The van der Waals surface area contributed by atoms with Crippen LogP contribution in [0.25, 0.3) is 0 Å². The van der Waals surface area contributed by atoms with Crippen LogP contribution < -0.4 is 0 Å². The van der Waals surface area contributed by atoms with E-state index in [1.807, 2.05) is 25.7 Å². The molecule has 4 heteroatoms. The van der Waals surface area contributed by atoms with Crippen LogP contribution >= 0.6 is 0 Å². The number of aliphatic hydroxyl groups is 1. The molecule has 0 radical (unpaired) electrons. The number of hydrogen-bond donors (Lipinski definition) is 1. The highest BCUT2D eigenvalue weighted by Gasteiger charge is 2.40. The van der Waals surface area contributed by atoms with E-state index in [0.29, 0.717) is 19.6 Å². The fraction of sp³-hybridized carbons (Fsp3) is 0.909. The van der Waals surface area contributed by atoms with Gasteiger partial charge in [0.15, 0.2) is 0 Å². The standard InChI is InChI=1S/C11H21NO3/c1-4-5-11(14)7-12(8-11)6-10(13)15-9(2)3/h9,14H,4-8H2,1-3H3. The smallest absolute Gasteiger partial charge is 0.320 e. The number of likely N-dealkylation sites (tertiary alicyclic amines) is 1. The summed E-state index contributed by atoms with van der Waals surface area (Å²) >= 11 is 0. The Labute approximate surface area is 91.2 Å². The molecule has 1 aliphatic rings. The first-order valence-electron chi connectivity index (χ1n) is 5.59. The molecule has 0 aliphatic carbocycles. The van der Waals surface area contributed by atoms with Crippen molar-refractivity contribution in [2.45, 2.75) is 45.3 Å². The van der Waals surface area contributed by atoms with Crippen molar-refractivity contribution < 1.29 is 14.6 Å². The SMILES string of the molecule is CCCC1(O)CN(CC(=O)OC(C)C)C1. The Bertz CT molecular complexity index is 222. The van der Waals surface area contributed by atoms with Gasteiger partial charge in [0.2, 0.25) is 0 Å². The van der Waals surface area contributed by atoms with E-state index in [0.717, 1.165) is 12.8 Å². The number of β-amino-alcohol motifs (C(OH)–C–C–N with tert-alkyl or cyclic N) is 1. The first-order valence-corrected chi connectivity index (χ1v) is 5.59. The minimum Gasteiger partial charge on any atom is -0.462 e. The fourth-order valence-corrected chi connectivity index (χ4v) is 2.00. The molecule has 0 aromatic heterocycles. The van der Waals surface area contributed by atoms with Crippen LogP contribution in [0.3, 0.4) is 0 Å². The molecule has 88 valence electrons. The Balaban J connectivity index is 2.19. The molecule has 0 spiro atoms. The second-order valence-electron chi connectivity index (χ2n) is 4.66. The van der Waals surface area contributed by atoms with Gasteiger partial charge < -0.3 is 9.84 Å². The van der Waals surface area contributed by atoms with Crippen LogP contribution in [0.1, 0.15) is 33.6 Å². The van der Waals surface area contributed by atoms with Crippen LogP contribution in [0.5, 0.6) is 0 Å². The van der Waals surface area contributed by atoms with Gasteiger partial charge in [-0.25, -0.2) is 0 Å². The average molecular weight is 215 g/mol. The summed E-state index contributed by atoms with van der Waals surface area (Å²) in [6.07, 6.45) is 1.72. The number of nitrogens with zero attached hydrogens (tertiary/aromatic N) is 1. The largest absolute Gasteiger partial charge is 0.462 e. The van der Waals surface area contributed by atoms with Crippen molar-refractivity contribution in [2.24, 2.45) is 0 Å². The van der Waals surface area contributed by atoms with Crippen LogP contribution in [0.4, 0.5) is 0 Å². The van der Waals surface area contributed by atoms with Crippen LogP contribution in [0.15, 0.2) is 0 Å². The lowest BCUT2D eigenvalue weighted by Crippen LogP contribution is -2.62. The molecule has 1 rings (SSSR count). The molecule has 0 saturated carbocycles. The number of hydrogen-bond acceptors (Lipinski definition) is 4. The molecule has 1 aliphatic heterocycles. The Hall–Kier alpha value is -0.610. The summed E-state index contributed by atoms with van der Waals surface area (Å²) in [6.45, 7) is 7.20. The van der Waals surface area contributed by atoms with Crippen LogP contribution in [-0.2, 0) is 9.53 Å². The summed E-state index contributed by atoms with van der Waals surface area (Å²) in [5.41, 5.74) is -0.563. The zero-order chi connectivity index (χ0) is 11.5. The molecule has 1 fully saturated rings. The van der Waals surface area contributed by atoms with E-state index in [2.05, 4.69) is 0 Å². The first-order chi connectivity index (χ1) is 6.95. The lowest BCUT2D eigenvalue weighted by Gasteiger charge is -2.46. The number of ether oxygens (including phenoxy) is 1. The number of esters is 1. The predicted molar refractivity (Wildman–Crippen MR) is 57.5 cm³/mol. The second-order valence-corrected chi connectivity index (χ2v) is 4.66. The molecule has 0 unspecified atom stereocenters. The van der Waals surface area contributed by atoms with Gasteiger partial charge in [-0.05, 0) is 20.3 Å². The monoisotopic (exact) mass is 215 g/mol. The molecule has 0 aromatic rings. The average Bonchev–Trinajstić information content (AvgIpc) is 1.99. The maximum Gasteiger partial charge on any atom is 0.320 e. The van der Waals surface area contributed by atoms with Gasteiger partial charge in [0.05, 0.1) is 18.2 Å². The van der Waals surface area contributed by atoms with Crippen LogP contribution in [0.2, 0.25) is 0 Å².